The predicted octanol–water partition coefficient (Wildman–Crippen LogP) is 9.39. The van der Waals surface area contributed by atoms with Gasteiger partial charge >= 0.3 is 17.8 Å². The number of methoxy groups -OCH3 is 2. The maximum absolute atomic E-state index is 15.9. The molecule has 0 radical (unpaired) electrons. The molecule has 0 bridgehead atoms. The van der Waals surface area contributed by atoms with Gasteiger partial charge in [-0.15, -0.1) is 0 Å². The molecule has 216 valence electrons. The first-order chi connectivity index (χ1) is 19.2. The number of halogens is 6. The van der Waals surface area contributed by atoms with E-state index in [-0.39, 0.29) is 33.4 Å². The van der Waals surface area contributed by atoms with Crippen LogP contribution in [0.3, 0.4) is 0 Å². The van der Waals surface area contributed by atoms with E-state index in [4.69, 9.17) is 13.9 Å². The maximum Gasteiger partial charge on any atom is 0.380 e. The van der Waals surface area contributed by atoms with Gasteiger partial charge in [-0.3, -0.25) is 0 Å². The molecular weight excluding hydrogens is 550 g/mol. The van der Waals surface area contributed by atoms with Gasteiger partial charge in [-0.2, -0.15) is 26.3 Å². The Balaban J connectivity index is 2.13. The zero-order valence-corrected chi connectivity index (χ0v) is 22.7. The Kier molecular flexibility index (Phi) is 6.59. The normalized spacial score (nSPS) is 17.9. The lowest BCUT2D eigenvalue weighted by molar-refractivity contribution is -0.302. The molecular formula is C31H26F6O4. The van der Waals surface area contributed by atoms with Crippen LogP contribution in [-0.4, -0.2) is 25.2 Å². The summed E-state index contributed by atoms with van der Waals surface area (Å²) in [6.45, 7) is 5.09. The molecule has 1 aromatic heterocycles. The van der Waals surface area contributed by atoms with E-state index in [1.54, 1.807) is 26.8 Å². The molecule has 0 unspecified atom stereocenters. The minimum absolute atomic E-state index is 0.0228. The quantitative estimate of drug-likeness (QED) is 0.141. The molecule has 41 heavy (non-hydrogen) atoms. The van der Waals surface area contributed by atoms with Crippen molar-refractivity contribution in [3.8, 4) is 22.6 Å². The van der Waals surface area contributed by atoms with Crippen molar-refractivity contribution in [2.24, 2.45) is 5.92 Å². The third kappa shape index (κ3) is 3.90. The van der Waals surface area contributed by atoms with E-state index < -0.39 is 51.5 Å². The third-order valence-electron chi connectivity index (χ3n) is 7.44. The van der Waals surface area contributed by atoms with Gasteiger partial charge in [0, 0.05) is 44.7 Å². The number of hydrogen-bond acceptors (Lipinski definition) is 4. The van der Waals surface area contributed by atoms with Crippen LogP contribution in [0.25, 0.3) is 38.6 Å². The van der Waals surface area contributed by atoms with Crippen LogP contribution in [0.15, 0.2) is 64.8 Å². The van der Waals surface area contributed by atoms with Crippen LogP contribution < -0.4 is 4.74 Å². The highest BCUT2D eigenvalue weighted by Gasteiger charge is 2.80. The average Bonchev–Trinajstić information content (AvgIpc) is 3.35. The number of alkyl halides is 6. The molecule has 1 N–H and O–H groups in total. The Labute approximate surface area is 231 Å². The monoisotopic (exact) mass is 576 g/mol. The van der Waals surface area contributed by atoms with Crippen molar-refractivity contribution in [3.05, 3.63) is 77.1 Å². The molecule has 0 atom stereocenters. The second kappa shape index (κ2) is 9.49. The lowest BCUT2D eigenvalue weighted by atomic mass is 9.81. The second-order valence-corrected chi connectivity index (χ2v) is 10.2. The Morgan fingerprint density at radius 1 is 0.927 bits per heavy atom. The minimum atomic E-state index is -5.78. The van der Waals surface area contributed by atoms with Crippen molar-refractivity contribution in [1.29, 1.82) is 0 Å². The molecule has 4 aromatic rings. The summed E-state index contributed by atoms with van der Waals surface area (Å²) in [6.07, 6.45) is 3.07. The molecule has 10 heteroatoms. The number of fused-ring (bicyclic) bond motifs is 5. The molecule has 1 aliphatic carbocycles. The number of para-hydroxylation sites is 1. The molecule has 0 fully saturated rings. The van der Waals surface area contributed by atoms with Gasteiger partial charge < -0.3 is 19.0 Å². The molecule has 3 aromatic carbocycles. The van der Waals surface area contributed by atoms with Gasteiger partial charge in [-0.25, -0.2) is 0 Å². The highest BCUT2D eigenvalue weighted by Crippen LogP contribution is 2.68. The molecule has 0 aliphatic heterocycles. The highest BCUT2D eigenvalue weighted by molar-refractivity contribution is 6.14. The standard InChI is InChI=1S/C31H26F6O4/c1-15(2)18(12-10-16(3)39-4)24-23(19-13-11-17(40-5)14-21(19)38)26-27(30(34,35)31(36,37)29(26,32)33)25-20-8-6-7-9-22(20)41-28(24)25/h6-15,38H,1-5H3/b16-10+,18-12+. The van der Waals surface area contributed by atoms with Crippen LogP contribution in [0, 0.1) is 5.92 Å². The van der Waals surface area contributed by atoms with Crippen LogP contribution in [0.4, 0.5) is 26.3 Å². The maximum atomic E-state index is 15.9. The van der Waals surface area contributed by atoms with E-state index in [9.17, 15) is 5.11 Å². The lowest BCUT2D eigenvalue weighted by Gasteiger charge is -2.25. The first kappa shape index (κ1) is 28.4. The summed E-state index contributed by atoms with van der Waals surface area (Å²) in [5.74, 6) is -16.9. The van der Waals surface area contributed by atoms with Crippen LogP contribution in [0.5, 0.6) is 11.5 Å². The van der Waals surface area contributed by atoms with E-state index in [0.29, 0.717) is 11.3 Å². The highest BCUT2D eigenvalue weighted by atomic mass is 19.3. The fourth-order valence-corrected chi connectivity index (χ4v) is 5.33. The van der Waals surface area contributed by atoms with Crippen molar-refractivity contribution in [2.45, 2.75) is 38.5 Å². The first-order valence-corrected chi connectivity index (χ1v) is 12.7. The summed E-state index contributed by atoms with van der Waals surface area (Å²) in [7, 11) is 2.73. The largest absolute Gasteiger partial charge is 0.507 e. The fourth-order valence-electron chi connectivity index (χ4n) is 5.33. The summed E-state index contributed by atoms with van der Waals surface area (Å²) in [4.78, 5) is 0. The zero-order chi connectivity index (χ0) is 30.1. The molecule has 0 saturated carbocycles. The molecule has 5 rings (SSSR count). The summed E-state index contributed by atoms with van der Waals surface area (Å²) >= 11 is 0. The first-order valence-electron chi connectivity index (χ1n) is 12.7. The summed E-state index contributed by atoms with van der Waals surface area (Å²) in [5, 5.41) is 10.4. The predicted molar refractivity (Wildman–Crippen MR) is 144 cm³/mol. The van der Waals surface area contributed by atoms with Crippen molar-refractivity contribution >= 4 is 27.5 Å². The van der Waals surface area contributed by atoms with Crippen molar-refractivity contribution in [1.82, 2.24) is 0 Å². The number of hydrogen-bond donors (Lipinski definition) is 1. The van der Waals surface area contributed by atoms with Crippen molar-refractivity contribution in [3.63, 3.8) is 0 Å². The average molecular weight is 577 g/mol. The number of ether oxygens (including phenoxy) is 2. The Hall–Kier alpha value is -4.08. The van der Waals surface area contributed by atoms with Crippen molar-refractivity contribution in [2.75, 3.05) is 14.2 Å². The molecule has 0 saturated heterocycles. The van der Waals surface area contributed by atoms with E-state index in [1.165, 1.54) is 56.7 Å². The third-order valence-corrected chi connectivity index (χ3v) is 7.44. The van der Waals surface area contributed by atoms with E-state index in [1.807, 2.05) is 0 Å². The van der Waals surface area contributed by atoms with E-state index in [0.717, 1.165) is 6.07 Å². The van der Waals surface area contributed by atoms with Crippen LogP contribution >= 0.6 is 0 Å². The summed E-state index contributed by atoms with van der Waals surface area (Å²) in [5.41, 5.74) is -4.22. The van der Waals surface area contributed by atoms with Crippen LogP contribution in [0.2, 0.25) is 0 Å². The van der Waals surface area contributed by atoms with Gasteiger partial charge in [-0.1, -0.05) is 38.1 Å². The molecule has 1 heterocycles. The number of phenolic OH excluding ortho intramolecular Hbond substituents is 1. The molecule has 4 nitrogen and oxygen atoms in total. The molecule has 0 amide bonds. The summed E-state index contributed by atoms with van der Waals surface area (Å²) in [6, 6.07) is 9.38. The fraction of sp³-hybridized carbons (Fsp3) is 0.290. The van der Waals surface area contributed by atoms with Gasteiger partial charge in [0.25, 0.3) is 0 Å². The van der Waals surface area contributed by atoms with Crippen molar-refractivity contribution < 1.29 is 45.3 Å². The number of phenols is 1. The Morgan fingerprint density at radius 3 is 2.20 bits per heavy atom. The topological polar surface area (TPSA) is 51.8 Å². The number of benzene rings is 3. The number of furan rings is 1. The number of rotatable bonds is 6. The number of aromatic hydroxyl groups is 1. The summed E-state index contributed by atoms with van der Waals surface area (Å²) < 4.78 is 110. The van der Waals surface area contributed by atoms with Gasteiger partial charge in [0.15, 0.2) is 0 Å². The zero-order valence-electron chi connectivity index (χ0n) is 22.7. The lowest BCUT2D eigenvalue weighted by Crippen LogP contribution is -2.43. The molecule has 0 spiro atoms. The van der Waals surface area contributed by atoms with E-state index >= 15 is 26.3 Å². The van der Waals surface area contributed by atoms with Gasteiger partial charge in [-0.05, 0) is 42.7 Å². The van der Waals surface area contributed by atoms with Crippen LogP contribution in [-0.2, 0) is 16.6 Å². The second-order valence-electron chi connectivity index (χ2n) is 10.2. The minimum Gasteiger partial charge on any atom is -0.507 e. The number of allylic oxidation sites excluding steroid dienone is 4. The Bertz CT molecular complexity index is 1750. The van der Waals surface area contributed by atoms with E-state index in [2.05, 4.69) is 0 Å². The van der Waals surface area contributed by atoms with Gasteiger partial charge in [0.1, 0.15) is 22.7 Å². The van der Waals surface area contributed by atoms with Crippen LogP contribution in [0.1, 0.15) is 37.5 Å². The molecule has 1 aliphatic rings. The smallest absolute Gasteiger partial charge is 0.380 e. The Morgan fingerprint density at radius 2 is 1.59 bits per heavy atom. The van der Waals surface area contributed by atoms with Gasteiger partial charge in [0.05, 0.1) is 20.0 Å². The SMILES string of the molecule is CO/C(C)=C/C=C(/c1c(-c2ccc(OC)cc2O)c2c(c3c1oc1ccccc13)C(F)(F)C(F)(F)C2(F)F)C(C)C. The van der Waals surface area contributed by atoms with Gasteiger partial charge in [0.2, 0.25) is 0 Å².